The zero-order valence-electron chi connectivity index (χ0n) is 11.3. The SMILES string of the molecule is C=CCNC(=O)c1cncc(Nc2cccc(C#N)c2)c1. The molecule has 0 aliphatic carbocycles. The van der Waals surface area contributed by atoms with E-state index in [1.54, 1.807) is 36.5 Å². The first-order valence-electron chi connectivity index (χ1n) is 6.34. The Bertz CT molecular complexity index is 703. The van der Waals surface area contributed by atoms with Crippen molar-refractivity contribution in [2.24, 2.45) is 0 Å². The minimum atomic E-state index is -0.211. The van der Waals surface area contributed by atoms with E-state index < -0.39 is 0 Å². The Kier molecular flexibility index (Phi) is 4.67. The van der Waals surface area contributed by atoms with Crippen LogP contribution in [-0.4, -0.2) is 17.4 Å². The number of hydrogen-bond acceptors (Lipinski definition) is 4. The molecule has 1 amide bonds. The maximum Gasteiger partial charge on any atom is 0.253 e. The number of aromatic nitrogens is 1. The molecule has 5 nitrogen and oxygen atoms in total. The first-order valence-corrected chi connectivity index (χ1v) is 6.34. The van der Waals surface area contributed by atoms with Gasteiger partial charge in [-0.25, -0.2) is 0 Å². The molecular formula is C16H14N4O. The quantitative estimate of drug-likeness (QED) is 0.824. The highest BCUT2D eigenvalue weighted by atomic mass is 16.1. The van der Waals surface area contributed by atoms with Crippen LogP contribution in [-0.2, 0) is 0 Å². The number of rotatable bonds is 5. The van der Waals surface area contributed by atoms with Crippen LogP contribution in [0, 0.1) is 11.3 Å². The molecule has 0 aliphatic rings. The molecule has 0 fully saturated rings. The van der Waals surface area contributed by atoms with Crippen LogP contribution in [0.15, 0.2) is 55.4 Å². The molecule has 1 aromatic carbocycles. The highest BCUT2D eigenvalue weighted by Gasteiger charge is 2.06. The van der Waals surface area contributed by atoms with Gasteiger partial charge in [0.2, 0.25) is 0 Å². The molecule has 0 radical (unpaired) electrons. The van der Waals surface area contributed by atoms with E-state index in [4.69, 9.17) is 5.26 Å². The minimum absolute atomic E-state index is 0.211. The largest absolute Gasteiger partial charge is 0.354 e. The Balaban J connectivity index is 2.15. The van der Waals surface area contributed by atoms with E-state index >= 15 is 0 Å². The number of nitrogens with zero attached hydrogens (tertiary/aromatic N) is 2. The van der Waals surface area contributed by atoms with Gasteiger partial charge in [-0.2, -0.15) is 5.26 Å². The summed E-state index contributed by atoms with van der Waals surface area (Å²) < 4.78 is 0. The van der Waals surface area contributed by atoms with Crippen molar-refractivity contribution in [3.8, 4) is 6.07 Å². The van der Waals surface area contributed by atoms with Crippen LogP contribution < -0.4 is 10.6 Å². The number of carbonyl (C=O) groups excluding carboxylic acids is 1. The summed E-state index contributed by atoms with van der Waals surface area (Å²) in [5, 5.41) is 14.7. The molecule has 104 valence electrons. The molecule has 0 spiro atoms. The van der Waals surface area contributed by atoms with Gasteiger partial charge in [0.1, 0.15) is 0 Å². The molecule has 1 aromatic heterocycles. The van der Waals surface area contributed by atoms with Crippen LogP contribution >= 0.6 is 0 Å². The molecule has 0 aliphatic heterocycles. The van der Waals surface area contributed by atoms with Gasteiger partial charge in [-0.1, -0.05) is 12.1 Å². The molecule has 1 heterocycles. The van der Waals surface area contributed by atoms with Crippen molar-refractivity contribution in [1.82, 2.24) is 10.3 Å². The summed E-state index contributed by atoms with van der Waals surface area (Å²) in [5.74, 6) is -0.211. The molecular weight excluding hydrogens is 264 g/mol. The molecule has 2 N–H and O–H groups in total. The average molecular weight is 278 g/mol. The van der Waals surface area contributed by atoms with Crippen molar-refractivity contribution in [2.75, 3.05) is 11.9 Å². The van der Waals surface area contributed by atoms with Crippen LogP contribution in [0.5, 0.6) is 0 Å². The maximum atomic E-state index is 11.8. The summed E-state index contributed by atoms with van der Waals surface area (Å²) in [6, 6.07) is 10.9. The third-order valence-electron chi connectivity index (χ3n) is 2.69. The molecule has 0 unspecified atom stereocenters. The van der Waals surface area contributed by atoms with Crippen LogP contribution in [0.4, 0.5) is 11.4 Å². The lowest BCUT2D eigenvalue weighted by atomic mass is 10.2. The lowest BCUT2D eigenvalue weighted by Gasteiger charge is -2.08. The molecule has 2 rings (SSSR count). The topological polar surface area (TPSA) is 77.8 Å². The van der Waals surface area contributed by atoms with Crippen molar-refractivity contribution in [1.29, 1.82) is 5.26 Å². The second-order valence-corrected chi connectivity index (χ2v) is 4.28. The van der Waals surface area contributed by atoms with Crippen LogP contribution in [0.3, 0.4) is 0 Å². The number of nitriles is 1. The highest BCUT2D eigenvalue weighted by molar-refractivity contribution is 5.94. The number of nitrogens with one attached hydrogen (secondary N) is 2. The Morgan fingerprint density at radius 1 is 1.33 bits per heavy atom. The fourth-order valence-electron chi connectivity index (χ4n) is 1.73. The third kappa shape index (κ3) is 3.91. The monoisotopic (exact) mass is 278 g/mol. The number of anilines is 2. The van der Waals surface area contributed by atoms with Gasteiger partial charge in [0.25, 0.3) is 5.91 Å². The summed E-state index contributed by atoms with van der Waals surface area (Å²) in [4.78, 5) is 15.9. The fraction of sp³-hybridized carbons (Fsp3) is 0.0625. The van der Waals surface area contributed by atoms with Gasteiger partial charge in [0, 0.05) is 18.4 Å². The minimum Gasteiger partial charge on any atom is -0.354 e. The predicted molar refractivity (Wildman–Crippen MR) is 81.2 cm³/mol. The smallest absolute Gasteiger partial charge is 0.253 e. The Hall–Kier alpha value is -3.13. The molecule has 0 bridgehead atoms. The van der Waals surface area contributed by atoms with E-state index in [1.807, 2.05) is 6.07 Å². The summed E-state index contributed by atoms with van der Waals surface area (Å²) in [6.45, 7) is 3.95. The van der Waals surface area contributed by atoms with E-state index in [0.29, 0.717) is 23.4 Å². The number of benzene rings is 1. The van der Waals surface area contributed by atoms with E-state index in [2.05, 4.69) is 28.3 Å². The zero-order valence-corrected chi connectivity index (χ0v) is 11.3. The predicted octanol–water partition coefficient (Wildman–Crippen LogP) is 2.61. The van der Waals surface area contributed by atoms with Gasteiger partial charge >= 0.3 is 0 Å². The number of pyridine rings is 1. The molecule has 0 saturated heterocycles. The lowest BCUT2D eigenvalue weighted by molar-refractivity contribution is 0.0957. The lowest BCUT2D eigenvalue weighted by Crippen LogP contribution is -2.23. The van der Waals surface area contributed by atoms with Gasteiger partial charge in [-0.15, -0.1) is 6.58 Å². The summed E-state index contributed by atoms with van der Waals surface area (Å²) in [7, 11) is 0. The van der Waals surface area contributed by atoms with Gasteiger partial charge in [0.15, 0.2) is 0 Å². The standard InChI is InChI=1S/C16H14N4O/c1-2-6-19-16(21)13-8-15(11-18-10-13)20-14-5-3-4-12(7-14)9-17/h2-5,7-8,10-11,20H,1,6H2,(H,19,21). The molecule has 0 saturated carbocycles. The van der Waals surface area contributed by atoms with Gasteiger partial charge < -0.3 is 10.6 Å². The fourth-order valence-corrected chi connectivity index (χ4v) is 1.73. The van der Waals surface area contributed by atoms with Crippen molar-refractivity contribution < 1.29 is 4.79 Å². The Morgan fingerprint density at radius 2 is 2.19 bits per heavy atom. The van der Waals surface area contributed by atoms with Crippen LogP contribution in [0.25, 0.3) is 0 Å². The van der Waals surface area contributed by atoms with Crippen molar-refractivity contribution >= 4 is 17.3 Å². The summed E-state index contributed by atoms with van der Waals surface area (Å²) in [5.41, 5.74) is 2.46. The summed E-state index contributed by atoms with van der Waals surface area (Å²) >= 11 is 0. The van der Waals surface area contributed by atoms with Crippen LogP contribution in [0.2, 0.25) is 0 Å². The van der Waals surface area contributed by atoms with Gasteiger partial charge in [0.05, 0.1) is 29.1 Å². The van der Waals surface area contributed by atoms with E-state index in [-0.39, 0.29) is 5.91 Å². The molecule has 5 heteroatoms. The second-order valence-electron chi connectivity index (χ2n) is 4.28. The zero-order chi connectivity index (χ0) is 15.1. The van der Waals surface area contributed by atoms with Gasteiger partial charge in [-0.3, -0.25) is 9.78 Å². The maximum absolute atomic E-state index is 11.8. The van der Waals surface area contributed by atoms with E-state index in [0.717, 1.165) is 5.69 Å². The first-order chi connectivity index (χ1) is 10.2. The third-order valence-corrected chi connectivity index (χ3v) is 2.69. The first kappa shape index (κ1) is 14.3. The van der Waals surface area contributed by atoms with Crippen molar-refractivity contribution in [3.05, 3.63) is 66.5 Å². The molecule has 21 heavy (non-hydrogen) atoms. The normalized spacial score (nSPS) is 9.48. The van der Waals surface area contributed by atoms with Crippen molar-refractivity contribution in [2.45, 2.75) is 0 Å². The number of amides is 1. The molecule has 2 aromatic rings. The van der Waals surface area contributed by atoms with Gasteiger partial charge in [-0.05, 0) is 24.3 Å². The van der Waals surface area contributed by atoms with Crippen LogP contribution in [0.1, 0.15) is 15.9 Å². The second kappa shape index (κ2) is 6.87. The number of hydrogen-bond donors (Lipinski definition) is 2. The summed E-state index contributed by atoms with van der Waals surface area (Å²) in [6.07, 6.45) is 4.72. The van der Waals surface area contributed by atoms with Crippen molar-refractivity contribution in [3.63, 3.8) is 0 Å². The highest BCUT2D eigenvalue weighted by Crippen LogP contribution is 2.17. The average Bonchev–Trinajstić information content (AvgIpc) is 2.53. The Labute approximate surface area is 122 Å². The Morgan fingerprint density at radius 3 is 2.95 bits per heavy atom. The van der Waals surface area contributed by atoms with E-state index in [1.165, 1.54) is 6.20 Å². The molecule has 0 atom stereocenters. The number of carbonyl (C=O) groups is 1. The van der Waals surface area contributed by atoms with E-state index in [9.17, 15) is 4.79 Å².